The van der Waals surface area contributed by atoms with Crippen molar-refractivity contribution in [3.63, 3.8) is 0 Å². The van der Waals surface area contributed by atoms with Crippen LogP contribution >= 0.6 is 28.1 Å². The standard InChI is InChI=1S/C13H13BrN2O2S/c1-2-7-15-13(19)16-11-8-9(3-5-10(11)14)4-6-12(17)18/h2-6,8H,1,7H2,(H,17,18)(H2,15,16,19)/b6-4+. The van der Waals surface area contributed by atoms with E-state index in [9.17, 15) is 4.79 Å². The van der Waals surface area contributed by atoms with Gasteiger partial charge in [0, 0.05) is 17.1 Å². The topological polar surface area (TPSA) is 61.4 Å². The number of nitrogens with one attached hydrogen (secondary N) is 2. The number of aliphatic carboxylic acids is 1. The molecule has 0 radical (unpaired) electrons. The van der Waals surface area contributed by atoms with Gasteiger partial charge in [0.05, 0.1) is 5.69 Å². The van der Waals surface area contributed by atoms with E-state index in [1.54, 1.807) is 18.2 Å². The number of carboxylic acid groups (broad SMARTS) is 1. The maximum Gasteiger partial charge on any atom is 0.328 e. The second-order valence-corrected chi connectivity index (χ2v) is 4.80. The Labute approximate surface area is 125 Å². The second-order valence-electron chi connectivity index (χ2n) is 3.53. The highest BCUT2D eigenvalue weighted by Crippen LogP contribution is 2.24. The van der Waals surface area contributed by atoms with Crippen LogP contribution in [0.25, 0.3) is 6.08 Å². The molecule has 0 fully saturated rings. The van der Waals surface area contributed by atoms with Crippen LogP contribution in [-0.2, 0) is 4.79 Å². The van der Waals surface area contributed by atoms with Crippen LogP contribution in [-0.4, -0.2) is 22.7 Å². The van der Waals surface area contributed by atoms with Crippen molar-refractivity contribution in [2.45, 2.75) is 0 Å². The first-order chi connectivity index (χ1) is 9.02. The van der Waals surface area contributed by atoms with Crippen LogP contribution < -0.4 is 10.6 Å². The molecular weight excluding hydrogens is 328 g/mol. The molecule has 0 unspecified atom stereocenters. The van der Waals surface area contributed by atoms with E-state index < -0.39 is 5.97 Å². The number of benzene rings is 1. The quantitative estimate of drug-likeness (QED) is 0.437. The molecule has 0 aromatic heterocycles. The summed E-state index contributed by atoms with van der Waals surface area (Å²) in [6, 6.07) is 5.42. The van der Waals surface area contributed by atoms with E-state index in [2.05, 4.69) is 33.1 Å². The van der Waals surface area contributed by atoms with E-state index in [4.69, 9.17) is 17.3 Å². The number of hydrogen-bond acceptors (Lipinski definition) is 2. The van der Waals surface area contributed by atoms with E-state index in [0.29, 0.717) is 11.7 Å². The maximum absolute atomic E-state index is 10.5. The van der Waals surface area contributed by atoms with E-state index in [-0.39, 0.29) is 0 Å². The average Bonchev–Trinajstić information content (AvgIpc) is 2.37. The van der Waals surface area contributed by atoms with Gasteiger partial charge in [0.15, 0.2) is 5.11 Å². The van der Waals surface area contributed by atoms with Crippen molar-refractivity contribution in [1.82, 2.24) is 5.32 Å². The third-order valence-electron chi connectivity index (χ3n) is 2.06. The van der Waals surface area contributed by atoms with Gasteiger partial charge in [-0.1, -0.05) is 12.1 Å². The highest BCUT2D eigenvalue weighted by Gasteiger charge is 2.02. The summed E-state index contributed by atoms with van der Waals surface area (Å²) in [5.41, 5.74) is 1.52. The van der Waals surface area contributed by atoms with E-state index >= 15 is 0 Å². The lowest BCUT2D eigenvalue weighted by molar-refractivity contribution is -0.131. The maximum atomic E-state index is 10.5. The molecule has 0 aliphatic carbocycles. The van der Waals surface area contributed by atoms with Crippen LogP contribution in [0.3, 0.4) is 0 Å². The minimum atomic E-state index is -0.986. The minimum Gasteiger partial charge on any atom is -0.478 e. The smallest absolute Gasteiger partial charge is 0.328 e. The van der Waals surface area contributed by atoms with Crippen LogP contribution in [0, 0.1) is 0 Å². The molecule has 3 N–H and O–H groups in total. The molecule has 1 aromatic carbocycles. The molecule has 0 saturated carbocycles. The molecule has 0 aliphatic rings. The molecular formula is C13H13BrN2O2S. The van der Waals surface area contributed by atoms with Crippen molar-refractivity contribution in [3.8, 4) is 0 Å². The van der Waals surface area contributed by atoms with Gasteiger partial charge < -0.3 is 15.7 Å². The summed E-state index contributed by atoms with van der Waals surface area (Å²) in [4.78, 5) is 10.5. The number of halogens is 1. The number of rotatable bonds is 5. The SMILES string of the molecule is C=CCNC(=S)Nc1cc(/C=C/C(=O)O)ccc1Br. The fraction of sp³-hybridized carbons (Fsp3) is 0.0769. The first kappa shape index (κ1) is 15.4. The van der Waals surface area contributed by atoms with Crippen LogP contribution in [0.2, 0.25) is 0 Å². The molecule has 0 amide bonds. The van der Waals surface area contributed by atoms with Crippen LogP contribution in [0.4, 0.5) is 5.69 Å². The number of carbonyl (C=O) groups is 1. The van der Waals surface area contributed by atoms with Crippen molar-refractivity contribution in [1.29, 1.82) is 0 Å². The van der Waals surface area contributed by atoms with E-state index in [0.717, 1.165) is 21.8 Å². The summed E-state index contributed by atoms with van der Waals surface area (Å²) in [6.07, 6.45) is 4.30. The zero-order valence-corrected chi connectivity index (χ0v) is 12.4. The Morgan fingerprint density at radius 1 is 1.53 bits per heavy atom. The van der Waals surface area contributed by atoms with Crippen molar-refractivity contribution >= 4 is 51.0 Å². The fourth-order valence-electron chi connectivity index (χ4n) is 1.24. The van der Waals surface area contributed by atoms with Gasteiger partial charge >= 0.3 is 5.97 Å². The summed E-state index contributed by atoms with van der Waals surface area (Å²) in [7, 11) is 0. The predicted molar refractivity (Wildman–Crippen MR) is 85.2 cm³/mol. The molecule has 19 heavy (non-hydrogen) atoms. The van der Waals surface area contributed by atoms with Gasteiger partial charge in [-0.05, 0) is 51.9 Å². The molecule has 1 aromatic rings. The largest absolute Gasteiger partial charge is 0.478 e. The Bertz CT molecular complexity index is 529. The minimum absolute atomic E-state index is 0.472. The summed E-state index contributed by atoms with van der Waals surface area (Å²) in [6.45, 7) is 4.16. The Morgan fingerprint density at radius 3 is 2.89 bits per heavy atom. The van der Waals surface area contributed by atoms with Gasteiger partial charge in [0.2, 0.25) is 0 Å². The summed E-state index contributed by atoms with van der Waals surface area (Å²) < 4.78 is 0.836. The van der Waals surface area contributed by atoms with E-state index in [1.807, 2.05) is 6.07 Å². The number of thiocarbonyl (C=S) groups is 1. The molecule has 0 spiro atoms. The Hall–Kier alpha value is -1.66. The summed E-state index contributed by atoms with van der Waals surface area (Å²) in [5.74, 6) is -0.986. The highest BCUT2D eigenvalue weighted by atomic mass is 79.9. The molecule has 0 atom stereocenters. The third kappa shape index (κ3) is 5.67. The Morgan fingerprint density at radius 2 is 2.26 bits per heavy atom. The lowest BCUT2D eigenvalue weighted by Gasteiger charge is -2.11. The van der Waals surface area contributed by atoms with Crippen LogP contribution in [0.15, 0.2) is 41.4 Å². The molecule has 0 bridgehead atoms. The molecule has 0 aliphatic heterocycles. The second kappa shape index (κ2) is 7.70. The summed E-state index contributed by atoms with van der Waals surface area (Å²) >= 11 is 8.50. The van der Waals surface area contributed by atoms with Crippen molar-refractivity contribution in [2.75, 3.05) is 11.9 Å². The first-order valence-corrected chi connectivity index (χ1v) is 6.59. The Balaban J connectivity index is 2.82. The van der Waals surface area contributed by atoms with Gasteiger partial charge in [-0.3, -0.25) is 0 Å². The van der Waals surface area contributed by atoms with Gasteiger partial charge in [0.1, 0.15) is 0 Å². The summed E-state index contributed by atoms with van der Waals surface area (Å²) in [5, 5.41) is 15.0. The number of anilines is 1. The van der Waals surface area contributed by atoms with Crippen LogP contribution in [0.5, 0.6) is 0 Å². The fourth-order valence-corrected chi connectivity index (χ4v) is 1.78. The number of hydrogen-bond donors (Lipinski definition) is 3. The third-order valence-corrected chi connectivity index (χ3v) is 3.00. The van der Waals surface area contributed by atoms with Crippen LogP contribution in [0.1, 0.15) is 5.56 Å². The molecule has 0 heterocycles. The van der Waals surface area contributed by atoms with Gasteiger partial charge in [0.25, 0.3) is 0 Å². The predicted octanol–water partition coefficient (Wildman–Crippen LogP) is 3.02. The number of carboxylic acids is 1. The van der Waals surface area contributed by atoms with Gasteiger partial charge in [-0.25, -0.2) is 4.79 Å². The molecule has 6 heteroatoms. The van der Waals surface area contributed by atoms with Gasteiger partial charge in [-0.2, -0.15) is 0 Å². The molecule has 0 saturated heterocycles. The zero-order valence-electron chi connectivity index (χ0n) is 10.0. The normalized spacial score (nSPS) is 10.2. The lowest BCUT2D eigenvalue weighted by atomic mass is 10.2. The Kier molecular flexibility index (Phi) is 6.24. The van der Waals surface area contributed by atoms with Crippen molar-refractivity contribution in [3.05, 3.63) is 47.0 Å². The molecule has 4 nitrogen and oxygen atoms in total. The van der Waals surface area contributed by atoms with Crippen molar-refractivity contribution in [2.24, 2.45) is 0 Å². The average molecular weight is 341 g/mol. The van der Waals surface area contributed by atoms with Gasteiger partial charge in [-0.15, -0.1) is 6.58 Å². The first-order valence-electron chi connectivity index (χ1n) is 5.39. The zero-order chi connectivity index (χ0) is 14.3. The molecule has 100 valence electrons. The highest BCUT2D eigenvalue weighted by molar-refractivity contribution is 9.10. The lowest BCUT2D eigenvalue weighted by Crippen LogP contribution is -2.28. The van der Waals surface area contributed by atoms with E-state index in [1.165, 1.54) is 6.08 Å². The molecule has 1 rings (SSSR count). The monoisotopic (exact) mass is 340 g/mol. The van der Waals surface area contributed by atoms with Crippen molar-refractivity contribution < 1.29 is 9.90 Å².